The standard InChI is InChI=1S/C9H7BrN2O2/c1-14-9(13)6-4-8-7(11-5-6)2-3-12(8)10/h2-5H,1H3. The first-order valence-corrected chi connectivity index (χ1v) is 4.65. The molecule has 0 N–H and O–H groups in total. The van der Waals surface area contributed by atoms with Gasteiger partial charge in [0.15, 0.2) is 0 Å². The molecule has 2 aromatic rings. The van der Waals surface area contributed by atoms with Crippen LogP contribution in [0.15, 0.2) is 24.5 Å². The predicted octanol–water partition coefficient (Wildman–Crippen LogP) is 1.98. The summed E-state index contributed by atoms with van der Waals surface area (Å²) in [5, 5.41) is 0. The summed E-state index contributed by atoms with van der Waals surface area (Å²) in [4.78, 5) is 15.3. The maximum Gasteiger partial charge on any atom is 0.339 e. The van der Waals surface area contributed by atoms with Crippen molar-refractivity contribution < 1.29 is 9.53 Å². The van der Waals surface area contributed by atoms with Gasteiger partial charge < -0.3 is 4.74 Å². The Hall–Kier alpha value is -1.36. The smallest absolute Gasteiger partial charge is 0.339 e. The van der Waals surface area contributed by atoms with E-state index in [0.717, 1.165) is 11.0 Å². The lowest BCUT2D eigenvalue weighted by molar-refractivity contribution is 0.0600. The number of carbonyl (C=O) groups is 1. The Labute approximate surface area is 88.8 Å². The second-order valence-electron chi connectivity index (χ2n) is 2.75. The molecule has 0 unspecified atom stereocenters. The number of carbonyl (C=O) groups excluding carboxylic acids is 1. The number of aromatic nitrogens is 2. The molecule has 4 nitrogen and oxygen atoms in total. The van der Waals surface area contributed by atoms with Crippen LogP contribution in [0.2, 0.25) is 0 Å². The van der Waals surface area contributed by atoms with Crippen molar-refractivity contribution in [3.05, 3.63) is 30.1 Å². The minimum atomic E-state index is -0.381. The van der Waals surface area contributed by atoms with E-state index in [9.17, 15) is 4.79 Å². The Balaban J connectivity index is 2.60. The summed E-state index contributed by atoms with van der Waals surface area (Å²) >= 11 is 3.30. The van der Waals surface area contributed by atoms with Gasteiger partial charge in [0.05, 0.1) is 39.9 Å². The van der Waals surface area contributed by atoms with E-state index in [2.05, 4.69) is 25.9 Å². The Morgan fingerprint density at radius 3 is 3.14 bits per heavy atom. The highest BCUT2D eigenvalue weighted by Gasteiger charge is 2.08. The number of ether oxygens (including phenoxy) is 1. The molecule has 14 heavy (non-hydrogen) atoms. The van der Waals surface area contributed by atoms with Crippen LogP contribution < -0.4 is 0 Å². The van der Waals surface area contributed by atoms with Crippen LogP contribution in [0.4, 0.5) is 0 Å². The first-order valence-electron chi connectivity index (χ1n) is 3.94. The van der Waals surface area contributed by atoms with Crippen LogP contribution in [0.25, 0.3) is 11.0 Å². The van der Waals surface area contributed by atoms with Gasteiger partial charge in [-0.15, -0.1) is 0 Å². The number of hydrogen-bond acceptors (Lipinski definition) is 3. The van der Waals surface area contributed by atoms with Crippen molar-refractivity contribution in [2.75, 3.05) is 7.11 Å². The maximum atomic E-state index is 11.2. The first-order chi connectivity index (χ1) is 6.72. The third-order valence-electron chi connectivity index (χ3n) is 1.91. The Morgan fingerprint density at radius 2 is 2.43 bits per heavy atom. The highest BCUT2D eigenvalue weighted by Crippen LogP contribution is 2.17. The fourth-order valence-electron chi connectivity index (χ4n) is 1.21. The van der Waals surface area contributed by atoms with E-state index in [1.54, 1.807) is 9.66 Å². The number of esters is 1. The van der Waals surface area contributed by atoms with E-state index < -0.39 is 0 Å². The van der Waals surface area contributed by atoms with Crippen LogP contribution in [-0.4, -0.2) is 21.7 Å². The third-order valence-corrected chi connectivity index (χ3v) is 2.53. The monoisotopic (exact) mass is 254 g/mol. The molecule has 2 aromatic heterocycles. The number of pyridine rings is 1. The summed E-state index contributed by atoms with van der Waals surface area (Å²) in [5.74, 6) is -0.381. The van der Waals surface area contributed by atoms with Gasteiger partial charge in [0.25, 0.3) is 0 Å². The van der Waals surface area contributed by atoms with E-state index in [4.69, 9.17) is 0 Å². The molecule has 2 heterocycles. The SMILES string of the molecule is COC(=O)c1cnc2ccn(Br)c2c1. The minimum absolute atomic E-state index is 0.381. The fraction of sp³-hybridized carbons (Fsp3) is 0.111. The summed E-state index contributed by atoms with van der Waals surface area (Å²) in [6, 6.07) is 3.58. The van der Waals surface area contributed by atoms with Gasteiger partial charge >= 0.3 is 5.97 Å². The number of halogens is 1. The fourth-order valence-corrected chi connectivity index (χ4v) is 1.61. The zero-order chi connectivity index (χ0) is 10.1. The highest BCUT2D eigenvalue weighted by atomic mass is 79.9. The van der Waals surface area contributed by atoms with E-state index in [0.29, 0.717) is 5.56 Å². The topological polar surface area (TPSA) is 44.1 Å². The van der Waals surface area contributed by atoms with Crippen molar-refractivity contribution in [3.63, 3.8) is 0 Å². The van der Waals surface area contributed by atoms with Crippen molar-refractivity contribution in [1.29, 1.82) is 0 Å². The zero-order valence-corrected chi connectivity index (χ0v) is 8.98. The largest absolute Gasteiger partial charge is 0.465 e. The molecule has 0 amide bonds. The van der Waals surface area contributed by atoms with E-state index in [1.165, 1.54) is 13.3 Å². The predicted molar refractivity (Wildman–Crippen MR) is 55.4 cm³/mol. The highest BCUT2D eigenvalue weighted by molar-refractivity contribution is 9.08. The summed E-state index contributed by atoms with van der Waals surface area (Å²) in [6.07, 6.45) is 3.32. The van der Waals surface area contributed by atoms with Crippen LogP contribution in [0.3, 0.4) is 0 Å². The van der Waals surface area contributed by atoms with Crippen molar-refractivity contribution in [3.8, 4) is 0 Å². The quantitative estimate of drug-likeness (QED) is 0.732. The van der Waals surface area contributed by atoms with Crippen molar-refractivity contribution in [2.45, 2.75) is 0 Å². The average molecular weight is 255 g/mol. The summed E-state index contributed by atoms with van der Waals surface area (Å²) in [6.45, 7) is 0. The van der Waals surface area contributed by atoms with Crippen LogP contribution in [-0.2, 0) is 4.74 Å². The summed E-state index contributed by atoms with van der Waals surface area (Å²) in [5.41, 5.74) is 2.11. The van der Waals surface area contributed by atoms with E-state index in [-0.39, 0.29) is 5.97 Å². The number of nitrogens with zero attached hydrogens (tertiary/aromatic N) is 2. The molecular formula is C9H7BrN2O2. The normalized spacial score (nSPS) is 10.4. The molecule has 0 aliphatic heterocycles. The van der Waals surface area contributed by atoms with Crippen molar-refractivity contribution in [2.24, 2.45) is 0 Å². The van der Waals surface area contributed by atoms with Crippen molar-refractivity contribution >= 4 is 33.1 Å². The van der Waals surface area contributed by atoms with Crippen LogP contribution in [0, 0.1) is 0 Å². The van der Waals surface area contributed by atoms with Gasteiger partial charge in [-0.3, -0.25) is 8.58 Å². The molecule has 0 saturated carbocycles. The summed E-state index contributed by atoms with van der Waals surface area (Å²) in [7, 11) is 1.35. The van der Waals surface area contributed by atoms with Crippen molar-refractivity contribution in [1.82, 2.24) is 8.58 Å². The molecule has 0 atom stereocenters. The third kappa shape index (κ3) is 1.39. The van der Waals surface area contributed by atoms with Crippen LogP contribution in [0.5, 0.6) is 0 Å². The van der Waals surface area contributed by atoms with Crippen LogP contribution in [0.1, 0.15) is 10.4 Å². The lowest BCUT2D eigenvalue weighted by atomic mass is 10.2. The molecule has 72 valence electrons. The molecule has 2 rings (SSSR count). The molecule has 0 bridgehead atoms. The van der Waals surface area contributed by atoms with Gasteiger partial charge in [-0.2, -0.15) is 0 Å². The molecule has 0 aliphatic rings. The van der Waals surface area contributed by atoms with E-state index >= 15 is 0 Å². The van der Waals surface area contributed by atoms with Gasteiger partial charge in [-0.05, 0) is 12.1 Å². The van der Waals surface area contributed by atoms with Gasteiger partial charge in [-0.1, -0.05) is 0 Å². The average Bonchev–Trinajstić information content (AvgIpc) is 2.59. The number of hydrogen-bond donors (Lipinski definition) is 0. The van der Waals surface area contributed by atoms with Gasteiger partial charge in [0, 0.05) is 12.4 Å². The van der Waals surface area contributed by atoms with E-state index in [1.807, 2.05) is 12.3 Å². The second-order valence-corrected chi connectivity index (χ2v) is 3.51. The molecule has 0 saturated heterocycles. The lowest BCUT2D eigenvalue weighted by Gasteiger charge is -1.99. The number of methoxy groups -OCH3 is 1. The Morgan fingerprint density at radius 1 is 1.64 bits per heavy atom. The lowest BCUT2D eigenvalue weighted by Crippen LogP contribution is -2.01. The Kier molecular flexibility index (Phi) is 2.25. The minimum Gasteiger partial charge on any atom is -0.465 e. The van der Waals surface area contributed by atoms with Crippen LogP contribution >= 0.6 is 16.1 Å². The maximum absolute atomic E-state index is 11.2. The molecule has 0 radical (unpaired) electrons. The molecular weight excluding hydrogens is 248 g/mol. The molecule has 0 fully saturated rings. The zero-order valence-electron chi connectivity index (χ0n) is 7.40. The molecule has 0 aliphatic carbocycles. The second kappa shape index (κ2) is 3.42. The summed E-state index contributed by atoms with van der Waals surface area (Å²) < 4.78 is 6.32. The number of rotatable bonds is 1. The first kappa shape index (κ1) is 9.21. The van der Waals surface area contributed by atoms with Gasteiger partial charge in [-0.25, -0.2) is 4.79 Å². The van der Waals surface area contributed by atoms with Gasteiger partial charge in [0.1, 0.15) is 0 Å². The van der Waals surface area contributed by atoms with Gasteiger partial charge in [0.2, 0.25) is 0 Å². The molecule has 5 heteroatoms. The molecule has 0 spiro atoms. The number of fused-ring (bicyclic) bond motifs is 1. The Bertz CT molecular complexity index is 493. The molecule has 0 aromatic carbocycles.